The largest absolute Gasteiger partial charge is 0.528 e. The molecule has 3 aliphatic rings. The summed E-state index contributed by atoms with van der Waals surface area (Å²) >= 11 is 0. The predicted octanol–water partition coefficient (Wildman–Crippen LogP) is 9.25. The molecule has 7 heteroatoms. The van der Waals surface area contributed by atoms with Crippen LogP contribution in [-0.4, -0.2) is 98.0 Å². The average molecular weight is 983 g/mol. The second-order valence-corrected chi connectivity index (χ2v) is 16.5. The second kappa shape index (κ2) is 22.1. The zero-order valence-electron chi connectivity index (χ0n) is 35.9. The molecular formula is C54H58IrN6-6. The monoisotopic (exact) mass is 983 g/mol. The normalized spacial score (nSPS) is 16.4. The molecule has 0 unspecified atom stereocenters. The molecule has 0 aromatic heterocycles. The van der Waals surface area contributed by atoms with Gasteiger partial charge in [-0.05, 0) is 126 Å². The minimum absolute atomic E-state index is 0. The van der Waals surface area contributed by atoms with Crippen LogP contribution < -0.4 is 4.90 Å². The molecule has 0 saturated carbocycles. The molecule has 3 aliphatic heterocycles. The average Bonchev–Trinajstić information content (AvgIpc) is 4.06. The van der Waals surface area contributed by atoms with Gasteiger partial charge >= 0.3 is 0 Å². The summed E-state index contributed by atoms with van der Waals surface area (Å²) in [5.74, 6) is 0. The molecule has 3 fully saturated rings. The fourth-order valence-corrected chi connectivity index (χ4v) is 8.24. The number of aryl methyl sites for hydroxylation is 2. The summed E-state index contributed by atoms with van der Waals surface area (Å²) in [6.07, 6.45) is 4.34. The van der Waals surface area contributed by atoms with E-state index in [1.807, 2.05) is 30.3 Å². The van der Waals surface area contributed by atoms with E-state index in [0.29, 0.717) is 0 Å². The molecule has 3 heterocycles. The Balaban J connectivity index is 0.000000195. The molecular weight excluding hydrogens is 925 g/mol. The van der Waals surface area contributed by atoms with E-state index in [1.165, 1.54) is 50.2 Å². The Morgan fingerprint density at radius 3 is 1.56 bits per heavy atom. The van der Waals surface area contributed by atoms with E-state index < -0.39 is 0 Å². The van der Waals surface area contributed by atoms with Crippen molar-refractivity contribution in [3.05, 3.63) is 194 Å². The van der Waals surface area contributed by atoms with Crippen molar-refractivity contribution in [2.45, 2.75) is 25.7 Å². The van der Waals surface area contributed by atoms with E-state index in [1.54, 1.807) is 0 Å². The van der Waals surface area contributed by atoms with E-state index in [2.05, 4.69) is 192 Å². The minimum atomic E-state index is 0. The van der Waals surface area contributed by atoms with Crippen LogP contribution in [0.5, 0.6) is 0 Å². The Kier molecular flexibility index (Phi) is 16.2. The van der Waals surface area contributed by atoms with Gasteiger partial charge < -0.3 is 29.4 Å². The van der Waals surface area contributed by atoms with Crippen molar-refractivity contribution >= 4 is 5.69 Å². The molecule has 0 spiro atoms. The molecule has 9 rings (SSSR count). The van der Waals surface area contributed by atoms with E-state index in [0.717, 1.165) is 89.2 Å². The zero-order chi connectivity index (χ0) is 41.1. The Morgan fingerprint density at radius 1 is 0.443 bits per heavy atom. The topological polar surface area (TPSA) is 19.4 Å². The van der Waals surface area contributed by atoms with Gasteiger partial charge in [0.2, 0.25) is 0 Å². The standard InChI is InChI=1S/C30H42N6.C24H16.Ir/c1-31-14-17-34(23-31)12-10-28-20-27(21-29(22-28)11-13-35-18-15-32(2)24-35)5-4-26-6-8-30(9-7-26)36-19-16-33(3)25-36;1-3-8-19(9-4-1)21-14-16-22(17-15-21)24-13-7-12-23(18-24)20-10-5-2-6-11-20;/h6-8,20-25H,4-5,10-19H2,1-3H3;1-10,13-18H;/q-4;-2;. The van der Waals surface area contributed by atoms with Crippen LogP contribution in [-0.2, 0) is 45.8 Å². The molecule has 0 bridgehead atoms. The number of rotatable bonds is 13. The first-order chi connectivity index (χ1) is 29.4. The van der Waals surface area contributed by atoms with Crippen LogP contribution in [0.2, 0.25) is 0 Å². The van der Waals surface area contributed by atoms with Crippen LogP contribution in [0, 0.1) is 38.2 Å². The molecule has 0 atom stereocenters. The van der Waals surface area contributed by atoms with Gasteiger partial charge in [-0.1, -0.05) is 79.2 Å². The molecule has 61 heavy (non-hydrogen) atoms. The molecule has 0 amide bonds. The van der Waals surface area contributed by atoms with E-state index in [9.17, 15) is 0 Å². The van der Waals surface area contributed by atoms with E-state index in [-0.39, 0.29) is 20.1 Å². The molecule has 3 saturated heterocycles. The van der Waals surface area contributed by atoms with Crippen molar-refractivity contribution in [2.75, 3.05) is 78.4 Å². The number of nitrogens with zero attached hydrogens (tertiary/aromatic N) is 6. The van der Waals surface area contributed by atoms with Crippen molar-refractivity contribution in [3.8, 4) is 33.4 Å². The Morgan fingerprint density at radius 2 is 1.00 bits per heavy atom. The fourth-order valence-electron chi connectivity index (χ4n) is 8.24. The van der Waals surface area contributed by atoms with Crippen LogP contribution >= 0.6 is 0 Å². The van der Waals surface area contributed by atoms with E-state index >= 15 is 0 Å². The van der Waals surface area contributed by atoms with Crippen molar-refractivity contribution in [3.63, 3.8) is 0 Å². The van der Waals surface area contributed by atoms with Crippen molar-refractivity contribution in [1.82, 2.24) is 24.5 Å². The molecule has 6 aromatic rings. The smallest absolute Gasteiger partial charge is 0 e. The van der Waals surface area contributed by atoms with Crippen LogP contribution in [0.25, 0.3) is 33.4 Å². The predicted molar refractivity (Wildman–Crippen MR) is 248 cm³/mol. The molecule has 0 aliphatic carbocycles. The SMILES string of the molecule is CN1[CH-]N(CCc2cc(CCc3c[c-]c(N4[CH-]N(C)CC4)cc3)cc(CCN3[CH-]N(C)CC3)c2)CC1.[Ir].[c-]1ccccc1-c1[c-]ccc(-c2ccc(-c3ccccc3)cc2)c1. The number of hydrogen-bond acceptors (Lipinski definition) is 6. The summed E-state index contributed by atoms with van der Waals surface area (Å²) in [6, 6.07) is 57.5. The van der Waals surface area contributed by atoms with Gasteiger partial charge in [0.15, 0.2) is 0 Å². The number of benzene rings is 6. The van der Waals surface area contributed by atoms with E-state index in [4.69, 9.17) is 0 Å². The van der Waals surface area contributed by atoms with Crippen molar-refractivity contribution in [2.24, 2.45) is 0 Å². The Bertz CT molecular complexity index is 2190. The molecule has 1 radical (unpaired) electrons. The summed E-state index contributed by atoms with van der Waals surface area (Å²) < 4.78 is 0. The number of likely N-dealkylation sites (N-methyl/N-ethyl adjacent to an activating group) is 3. The molecule has 6 nitrogen and oxygen atoms in total. The van der Waals surface area contributed by atoms with Crippen molar-refractivity contribution < 1.29 is 20.1 Å². The van der Waals surface area contributed by atoms with Crippen LogP contribution in [0.1, 0.15) is 22.3 Å². The minimum Gasteiger partial charge on any atom is -0.528 e. The first-order valence-electron chi connectivity index (χ1n) is 21.6. The number of hydrogen-bond donors (Lipinski definition) is 0. The third kappa shape index (κ3) is 12.8. The van der Waals surface area contributed by atoms with Gasteiger partial charge in [-0.25, -0.2) is 24.5 Å². The summed E-state index contributed by atoms with van der Waals surface area (Å²) in [5, 5.41) is 0. The first-order valence-corrected chi connectivity index (χ1v) is 21.6. The summed E-state index contributed by atoms with van der Waals surface area (Å²) in [7, 11) is 6.45. The van der Waals surface area contributed by atoms with Gasteiger partial charge in [-0.2, -0.15) is 79.0 Å². The van der Waals surface area contributed by atoms with Gasteiger partial charge in [0.1, 0.15) is 0 Å². The quantitative estimate of drug-likeness (QED) is 0.107. The third-order valence-electron chi connectivity index (χ3n) is 11.7. The maximum Gasteiger partial charge on any atom is 0 e. The summed E-state index contributed by atoms with van der Waals surface area (Å²) in [5.41, 5.74) is 14.0. The van der Waals surface area contributed by atoms with Gasteiger partial charge in [-0.3, -0.25) is 0 Å². The number of anilines is 1. The van der Waals surface area contributed by atoms with Crippen LogP contribution in [0.15, 0.2) is 133 Å². The third-order valence-corrected chi connectivity index (χ3v) is 11.7. The fraction of sp³-hybridized carbons (Fsp3) is 0.278. The second-order valence-electron chi connectivity index (χ2n) is 16.5. The molecule has 0 N–H and O–H groups in total. The Hall–Kier alpha value is -4.43. The van der Waals surface area contributed by atoms with Crippen molar-refractivity contribution in [1.29, 1.82) is 0 Å². The molecule has 6 aromatic carbocycles. The maximum atomic E-state index is 3.51. The summed E-state index contributed by atoms with van der Waals surface area (Å²) in [6.45, 7) is 15.6. The van der Waals surface area contributed by atoms with Gasteiger partial charge in [0.25, 0.3) is 0 Å². The Labute approximate surface area is 379 Å². The maximum absolute atomic E-state index is 3.51. The first kappa shape index (κ1) is 44.6. The van der Waals surface area contributed by atoms with Crippen LogP contribution in [0.4, 0.5) is 5.69 Å². The van der Waals surface area contributed by atoms with Gasteiger partial charge in [0, 0.05) is 20.1 Å². The zero-order valence-corrected chi connectivity index (χ0v) is 38.3. The van der Waals surface area contributed by atoms with Crippen LogP contribution in [0.3, 0.4) is 0 Å². The van der Waals surface area contributed by atoms with Gasteiger partial charge in [0.05, 0.1) is 0 Å². The molecule has 319 valence electrons. The summed E-state index contributed by atoms with van der Waals surface area (Å²) in [4.78, 5) is 14.0. The van der Waals surface area contributed by atoms with Gasteiger partial charge in [-0.15, -0.1) is 23.4 Å².